The minimum Gasteiger partial charge on any atom is -0.398 e. The lowest BCUT2D eigenvalue weighted by atomic mass is 10.0. The van der Waals surface area contributed by atoms with Gasteiger partial charge in [-0.1, -0.05) is 19.9 Å². The van der Waals surface area contributed by atoms with E-state index < -0.39 is 0 Å². The summed E-state index contributed by atoms with van der Waals surface area (Å²) in [7, 11) is 0. The van der Waals surface area contributed by atoms with Gasteiger partial charge in [-0.15, -0.1) is 0 Å². The number of hydrogen-bond acceptors (Lipinski definition) is 3. The third-order valence-electron chi connectivity index (χ3n) is 1.86. The molecular weight excluding hydrogens is 180 g/mol. The number of anilines is 1. The Hall–Kier alpha value is -1.14. The van der Waals surface area contributed by atoms with Crippen LogP contribution in [-0.2, 0) is 0 Å². The molecule has 1 aromatic rings. The van der Waals surface area contributed by atoms with Gasteiger partial charge >= 0.3 is 0 Å². The molecule has 68 valence electrons. The molecule has 2 N–H and O–H groups in total. The molecule has 0 saturated carbocycles. The molecule has 0 unspecified atom stereocenters. The molecule has 0 amide bonds. The molecule has 1 aromatic carbocycles. The first-order valence-electron chi connectivity index (χ1n) is 4.10. The van der Waals surface area contributed by atoms with Crippen LogP contribution in [0.4, 0.5) is 5.69 Å². The summed E-state index contributed by atoms with van der Waals surface area (Å²) < 4.78 is 0. The van der Waals surface area contributed by atoms with Crippen LogP contribution in [0.25, 0.3) is 0 Å². The van der Waals surface area contributed by atoms with Gasteiger partial charge in [0.25, 0.3) is 0 Å². The first-order chi connectivity index (χ1) is 6.15. The molecule has 0 bridgehead atoms. The van der Waals surface area contributed by atoms with Gasteiger partial charge in [0.1, 0.15) is 5.40 Å². The van der Waals surface area contributed by atoms with Crippen molar-refractivity contribution >= 4 is 17.4 Å². The SMILES string of the molecule is CC(C)c1ccc(N)c(SC#N)c1. The maximum atomic E-state index is 8.53. The van der Waals surface area contributed by atoms with Gasteiger partial charge in [0.15, 0.2) is 0 Å². The van der Waals surface area contributed by atoms with E-state index in [4.69, 9.17) is 11.0 Å². The van der Waals surface area contributed by atoms with Crippen LogP contribution in [0.1, 0.15) is 25.3 Å². The highest BCUT2D eigenvalue weighted by atomic mass is 32.2. The highest BCUT2D eigenvalue weighted by Crippen LogP contribution is 2.27. The molecule has 1 rings (SSSR count). The number of nitrogens with two attached hydrogens (primary N) is 1. The van der Waals surface area contributed by atoms with Crippen molar-refractivity contribution in [3.8, 4) is 5.40 Å². The first-order valence-corrected chi connectivity index (χ1v) is 4.92. The zero-order chi connectivity index (χ0) is 9.84. The van der Waals surface area contributed by atoms with Gasteiger partial charge in [0.2, 0.25) is 0 Å². The quantitative estimate of drug-likeness (QED) is 0.445. The molecule has 0 aliphatic rings. The maximum absolute atomic E-state index is 8.53. The van der Waals surface area contributed by atoms with Crippen LogP contribution in [0.2, 0.25) is 0 Å². The van der Waals surface area contributed by atoms with Crippen LogP contribution in [0.15, 0.2) is 23.1 Å². The highest BCUT2D eigenvalue weighted by molar-refractivity contribution is 8.03. The zero-order valence-electron chi connectivity index (χ0n) is 7.74. The van der Waals surface area contributed by atoms with Gasteiger partial charge in [0, 0.05) is 10.6 Å². The summed E-state index contributed by atoms with van der Waals surface area (Å²) in [6.07, 6.45) is 0. The average molecular weight is 192 g/mol. The molecule has 0 radical (unpaired) electrons. The van der Waals surface area contributed by atoms with Crippen molar-refractivity contribution in [2.75, 3.05) is 5.73 Å². The van der Waals surface area contributed by atoms with Crippen molar-refractivity contribution < 1.29 is 0 Å². The summed E-state index contributed by atoms with van der Waals surface area (Å²) in [4.78, 5) is 0.855. The van der Waals surface area contributed by atoms with Crippen LogP contribution in [0.5, 0.6) is 0 Å². The average Bonchev–Trinajstić information content (AvgIpc) is 2.08. The number of nitriles is 1. The lowest BCUT2D eigenvalue weighted by molar-refractivity contribution is 0.863. The number of thiocyanates is 1. The molecule has 0 heterocycles. The van der Waals surface area contributed by atoms with E-state index in [1.807, 2.05) is 23.6 Å². The Morgan fingerprint density at radius 2 is 2.15 bits per heavy atom. The van der Waals surface area contributed by atoms with Crippen LogP contribution < -0.4 is 5.73 Å². The van der Waals surface area contributed by atoms with Gasteiger partial charge in [-0.2, -0.15) is 5.26 Å². The minimum atomic E-state index is 0.471. The molecular formula is C10H12N2S. The third kappa shape index (κ3) is 2.40. The lowest BCUT2D eigenvalue weighted by Crippen LogP contribution is -1.92. The van der Waals surface area contributed by atoms with E-state index in [2.05, 4.69) is 13.8 Å². The fourth-order valence-corrected chi connectivity index (χ4v) is 1.53. The van der Waals surface area contributed by atoms with E-state index in [-0.39, 0.29) is 0 Å². The summed E-state index contributed by atoms with van der Waals surface area (Å²) in [5.74, 6) is 0.471. The van der Waals surface area contributed by atoms with Crippen molar-refractivity contribution in [3.05, 3.63) is 23.8 Å². The lowest BCUT2D eigenvalue weighted by Gasteiger charge is -2.07. The van der Waals surface area contributed by atoms with Gasteiger partial charge < -0.3 is 5.73 Å². The molecule has 0 spiro atoms. The van der Waals surface area contributed by atoms with Gasteiger partial charge in [-0.05, 0) is 35.4 Å². The van der Waals surface area contributed by atoms with Gasteiger partial charge in [0.05, 0.1) is 0 Å². The Kier molecular flexibility index (Phi) is 3.21. The summed E-state index contributed by atoms with van der Waals surface area (Å²) in [6.45, 7) is 4.23. The van der Waals surface area contributed by atoms with E-state index >= 15 is 0 Å². The number of hydrogen-bond donors (Lipinski definition) is 1. The van der Waals surface area contributed by atoms with Crippen molar-refractivity contribution in [2.24, 2.45) is 0 Å². The summed E-state index contributed by atoms with van der Waals surface area (Å²) in [5, 5.41) is 10.6. The number of benzene rings is 1. The predicted molar refractivity (Wildman–Crippen MR) is 56.4 cm³/mol. The number of rotatable bonds is 2. The Bertz CT molecular complexity index is 339. The highest BCUT2D eigenvalue weighted by Gasteiger charge is 2.04. The smallest absolute Gasteiger partial charge is 0.138 e. The van der Waals surface area contributed by atoms with Crippen LogP contribution in [0, 0.1) is 10.7 Å². The second-order valence-corrected chi connectivity index (χ2v) is 3.97. The summed E-state index contributed by atoms with van der Waals surface area (Å²) in [5.41, 5.74) is 7.60. The second kappa shape index (κ2) is 4.20. The van der Waals surface area contributed by atoms with E-state index in [0.29, 0.717) is 11.6 Å². The molecule has 0 fully saturated rings. The van der Waals surface area contributed by atoms with Crippen molar-refractivity contribution in [1.82, 2.24) is 0 Å². The van der Waals surface area contributed by atoms with Crippen molar-refractivity contribution in [1.29, 1.82) is 5.26 Å². The fraction of sp³-hybridized carbons (Fsp3) is 0.300. The molecule has 0 saturated heterocycles. The normalized spacial score (nSPS) is 10.0. The van der Waals surface area contributed by atoms with Crippen LogP contribution >= 0.6 is 11.8 Å². The topological polar surface area (TPSA) is 49.8 Å². The molecule has 0 aromatic heterocycles. The standard InChI is InChI=1S/C10H12N2S/c1-7(2)8-3-4-9(12)10(5-8)13-6-11/h3-5,7H,12H2,1-2H3. The largest absolute Gasteiger partial charge is 0.398 e. The first kappa shape index (κ1) is 9.94. The Morgan fingerprint density at radius 3 is 2.69 bits per heavy atom. The molecule has 13 heavy (non-hydrogen) atoms. The Labute approximate surface area is 82.7 Å². The molecule has 0 aliphatic heterocycles. The van der Waals surface area contributed by atoms with E-state index in [0.717, 1.165) is 16.7 Å². The fourth-order valence-electron chi connectivity index (χ4n) is 1.05. The molecule has 0 aliphatic carbocycles. The number of nitrogen functional groups attached to an aromatic ring is 1. The third-order valence-corrected chi connectivity index (χ3v) is 2.52. The van der Waals surface area contributed by atoms with Crippen molar-refractivity contribution in [2.45, 2.75) is 24.7 Å². The van der Waals surface area contributed by atoms with Crippen molar-refractivity contribution in [3.63, 3.8) is 0 Å². The molecule has 3 heteroatoms. The monoisotopic (exact) mass is 192 g/mol. The summed E-state index contributed by atoms with van der Waals surface area (Å²) in [6, 6.07) is 5.84. The molecule has 0 atom stereocenters. The van der Waals surface area contributed by atoms with Gasteiger partial charge in [-0.25, -0.2) is 0 Å². The van der Waals surface area contributed by atoms with E-state index in [9.17, 15) is 0 Å². The molecule has 2 nitrogen and oxygen atoms in total. The summed E-state index contributed by atoms with van der Waals surface area (Å²) >= 11 is 1.11. The predicted octanol–water partition coefficient (Wildman–Crippen LogP) is 2.97. The van der Waals surface area contributed by atoms with E-state index in [1.165, 1.54) is 5.56 Å². The Balaban J connectivity index is 3.05. The second-order valence-electron chi connectivity index (χ2n) is 3.15. The minimum absolute atomic E-state index is 0.471. The zero-order valence-corrected chi connectivity index (χ0v) is 8.56. The number of nitrogens with zero attached hydrogens (tertiary/aromatic N) is 1. The van der Waals surface area contributed by atoms with E-state index in [1.54, 1.807) is 0 Å². The van der Waals surface area contributed by atoms with Crippen LogP contribution in [-0.4, -0.2) is 0 Å². The number of thioether (sulfide) groups is 1. The Morgan fingerprint density at radius 1 is 1.46 bits per heavy atom. The van der Waals surface area contributed by atoms with Crippen LogP contribution in [0.3, 0.4) is 0 Å². The maximum Gasteiger partial charge on any atom is 0.138 e. The van der Waals surface area contributed by atoms with Gasteiger partial charge in [-0.3, -0.25) is 0 Å².